The highest BCUT2D eigenvalue weighted by Crippen LogP contribution is 2.32. The summed E-state index contributed by atoms with van der Waals surface area (Å²) in [4.78, 5) is 4.38. The molecule has 0 aliphatic heterocycles. The van der Waals surface area contributed by atoms with Gasteiger partial charge < -0.3 is 9.13 Å². The summed E-state index contributed by atoms with van der Waals surface area (Å²) >= 11 is 0. The molecule has 5 heteroatoms. The first-order valence-electron chi connectivity index (χ1n) is 7.62. The first kappa shape index (κ1) is 15.6. The van der Waals surface area contributed by atoms with E-state index in [-0.39, 0.29) is 0 Å². The van der Waals surface area contributed by atoms with Crippen molar-refractivity contribution in [2.45, 2.75) is 20.4 Å². The van der Waals surface area contributed by atoms with Crippen LogP contribution < -0.4 is 0 Å². The third-order valence-corrected chi connectivity index (χ3v) is 4.28. The van der Waals surface area contributed by atoms with Gasteiger partial charge in [-0.3, -0.25) is 0 Å². The van der Waals surface area contributed by atoms with Crippen molar-refractivity contribution in [2.75, 3.05) is 0 Å². The number of aromatic nitrogens is 3. The van der Waals surface area contributed by atoms with E-state index in [0.29, 0.717) is 17.7 Å². The van der Waals surface area contributed by atoms with Gasteiger partial charge in [-0.2, -0.15) is 10.5 Å². The summed E-state index contributed by atoms with van der Waals surface area (Å²) in [6.07, 6.45) is 3.75. The molecule has 0 saturated carbocycles. The molecule has 0 spiro atoms. The fourth-order valence-electron chi connectivity index (χ4n) is 3.03. The van der Waals surface area contributed by atoms with Crippen LogP contribution >= 0.6 is 0 Å². The van der Waals surface area contributed by atoms with Crippen molar-refractivity contribution in [2.24, 2.45) is 7.05 Å². The number of nitrogens with zero attached hydrogens (tertiary/aromatic N) is 5. The van der Waals surface area contributed by atoms with Crippen LogP contribution in [0.5, 0.6) is 0 Å². The third-order valence-electron chi connectivity index (χ3n) is 4.28. The van der Waals surface area contributed by atoms with Gasteiger partial charge in [0, 0.05) is 30.2 Å². The minimum Gasteiger partial charge on any atom is -0.341 e. The molecule has 2 aromatic heterocycles. The molecule has 0 aliphatic rings. The molecule has 24 heavy (non-hydrogen) atoms. The van der Waals surface area contributed by atoms with Gasteiger partial charge in [-0.05, 0) is 31.5 Å². The molecule has 0 unspecified atom stereocenters. The monoisotopic (exact) mass is 315 g/mol. The predicted octanol–water partition coefficient (Wildman–Crippen LogP) is 3.30. The Morgan fingerprint density at radius 1 is 1.04 bits per heavy atom. The van der Waals surface area contributed by atoms with Crippen molar-refractivity contribution in [3.8, 4) is 23.3 Å². The van der Waals surface area contributed by atoms with E-state index in [4.69, 9.17) is 5.26 Å². The molecule has 0 atom stereocenters. The molecule has 0 amide bonds. The van der Waals surface area contributed by atoms with E-state index in [9.17, 15) is 5.26 Å². The minimum atomic E-state index is 0.611. The second-order valence-electron chi connectivity index (χ2n) is 5.84. The molecule has 0 aliphatic carbocycles. The van der Waals surface area contributed by atoms with Gasteiger partial charge in [0.05, 0.1) is 35.8 Å². The summed E-state index contributed by atoms with van der Waals surface area (Å²) in [5.41, 5.74) is 6.07. The quantitative estimate of drug-likeness (QED) is 0.744. The van der Waals surface area contributed by atoms with E-state index in [1.54, 1.807) is 18.5 Å². The Labute approximate surface area is 141 Å². The molecule has 0 radical (unpaired) electrons. The molecular weight excluding hydrogens is 298 g/mol. The molecule has 3 aromatic rings. The number of aryl methyl sites for hydroxylation is 1. The fraction of sp³-hybridized carbons (Fsp3) is 0.211. The molecule has 0 N–H and O–H groups in total. The van der Waals surface area contributed by atoms with Crippen LogP contribution in [0.3, 0.4) is 0 Å². The van der Waals surface area contributed by atoms with Crippen LogP contribution in [-0.4, -0.2) is 14.1 Å². The summed E-state index contributed by atoms with van der Waals surface area (Å²) in [6, 6.07) is 11.8. The molecule has 0 fully saturated rings. The number of rotatable bonds is 3. The van der Waals surface area contributed by atoms with Gasteiger partial charge in [-0.15, -0.1) is 0 Å². The molecule has 2 heterocycles. The molecule has 0 bridgehead atoms. The van der Waals surface area contributed by atoms with E-state index in [1.165, 1.54) is 0 Å². The van der Waals surface area contributed by atoms with Crippen molar-refractivity contribution < 1.29 is 0 Å². The van der Waals surface area contributed by atoms with Gasteiger partial charge >= 0.3 is 0 Å². The Bertz CT molecular complexity index is 975. The Morgan fingerprint density at radius 3 is 2.29 bits per heavy atom. The van der Waals surface area contributed by atoms with Crippen molar-refractivity contribution in [3.63, 3.8) is 0 Å². The molecular formula is C19H17N5. The lowest BCUT2D eigenvalue weighted by Gasteiger charge is -2.08. The van der Waals surface area contributed by atoms with Gasteiger partial charge in [0.2, 0.25) is 0 Å². The molecule has 5 nitrogen and oxygen atoms in total. The van der Waals surface area contributed by atoms with Crippen LogP contribution in [0.4, 0.5) is 0 Å². The number of nitriles is 2. The zero-order chi connectivity index (χ0) is 17.3. The van der Waals surface area contributed by atoms with Gasteiger partial charge in [0.1, 0.15) is 6.07 Å². The highest BCUT2D eigenvalue weighted by Gasteiger charge is 2.19. The lowest BCUT2D eigenvalue weighted by atomic mass is 10.0. The van der Waals surface area contributed by atoms with E-state index >= 15 is 0 Å². The second-order valence-corrected chi connectivity index (χ2v) is 5.84. The van der Waals surface area contributed by atoms with Gasteiger partial charge in [-0.1, -0.05) is 12.1 Å². The van der Waals surface area contributed by atoms with Crippen molar-refractivity contribution >= 4 is 0 Å². The Morgan fingerprint density at radius 2 is 1.75 bits per heavy atom. The normalized spacial score (nSPS) is 10.4. The Balaban J connectivity index is 2.11. The van der Waals surface area contributed by atoms with Crippen LogP contribution in [-0.2, 0) is 13.6 Å². The maximum atomic E-state index is 9.63. The van der Waals surface area contributed by atoms with E-state index < -0.39 is 0 Å². The first-order valence-corrected chi connectivity index (χ1v) is 7.62. The fourth-order valence-corrected chi connectivity index (χ4v) is 3.03. The van der Waals surface area contributed by atoms with Crippen LogP contribution in [0.2, 0.25) is 0 Å². The number of imidazole rings is 1. The van der Waals surface area contributed by atoms with E-state index in [1.807, 2.05) is 43.8 Å². The summed E-state index contributed by atoms with van der Waals surface area (Å²) in [5, 5.41) is 18.6. The molecule has 118 valence electrons. The zero-order valence-electron chi connectivity index (χ0n) is 13.9. The SMILES string of the molecule is Cc1c(C#N)c(-c2ccc(C#N)cc2)c(C)n1Cc1cn(C)cn1. The largest absolute Gasteiger partial charge is 0.341 e. The number of benzene rings is 1. The van der Waals surface area contributed by atoms with Crippen LogP contribution in [0.25, 0.3) is 11.1 Å². The van der Waals surface area contributed by atoms with E-state index in [0.717, 1.165) is 28.2 Å². The smallest absolute Gasteiger partial charge is 0.102 e. The highest BCUT2D eigenvalue weighted by molar-refractivity contribution is 5.75. The lowest BCUT2D eigenvalue weighted by molar-refractivity contribution is 0.733. The second kappa shape index (κ2) is 6.06. The van der Waals surface area contributed by atoms with Crippen LogP contribution in [0.15, 0.2) is 36.8 Å². The van der Waals surface area contributed by atoms with Crippen molar-refractivity contribution in [1.29, 1.82) is 10.5 Å². The third kappa shape index (κ3) is 2.57. The zero-order valence-corrected chi connectivity index (χ0v) is 13.9. The first-order chi connectivity index (χ1) is 11.5. The van der Waals surface area contributed by atoms with Gasteiger partial charge in [-0.25, -0.2) is 4.98 Å². The summed E-state index contributed by atoms with van der Waals surface area (Å²) in [5.74, 6) is 0. The van der Waals surface area contributed by atoms with Crippen molar-refractivity contribution in [3.05, 3.63) is 65.0 Å². The van der Waals surface area contributed by atoms with Crippen molar-refractivity contribution in [1.82, 2.24) is 14.1 Å². The minimum absolute atomic E-state index is 0.611. The average Bonchev–Trinajstić information content (AvgIpc) is 3.10. The number of hydrogen-bond acceptors (Lipinski definition) is 3. The average molecular weight is 315 g/mol. The molecule has 3 rings (SSSR count). The van der Waals surface area contributed by atoms with Gasteiger partial charge in [0.25, 0.3) is 0 Å². The summed E-state index contributed by atoms with van der Waals surface area (Å²) < 4.78 is 4.03. The Kier molecular flexibility index (Phi) is 3.93. The van der Waals surface area contributed by atoms with Gasteiger partial charge in [0.15, 0.2) is 0 Å². The standard InChI is InChI=1S/C19H17N5/c1-13-18(9-21)19(16-6-4-15(8-20)5-7-16)14(2)24(13)11-17-10-23(3)12-22-17/h4-7,10,12H,11H2,1-3H3. The predicted molar refractivity (Wildman–Crippen MR) is 91.1 cm³/mol. The molecule has 1 aromatic carbocycles. The van der Waals surface area contributed by atoms with E-state index in [2.05, 4.69) is 21.7 Å². The molecule has 0 saturated heterocycles. The summed E-state index contributed by atoms with van der Waals surface area (Å²) in [7, 11) is 1.94. The van der Waals surface area contributed by atoms with Crippen LogP contribution in [0.1, 0.15) is 28.2 Å². The summed E-state index contributed by atoms with van der Waals surface area (Å²) in [6.45, 7) is 4.61. The highest BCUT2D eigenvalue weighted by atomic mass is 15.1. The lowest BCUT2D eigenvalue weighted by Crippen LogP contribution is -2.04. The Hall–Kier alpha value is -3.31. The maximum absolute atomic E-state index is 9.63. The topological polar surface area (TPSA) is 70.3 Å². The maximum Gasteiger partial charge on any atom is 0.102 e. The van der Waals surface area contributed by atoms with Crippen LogP contribution in [0, 0.1) is 36.5 Å². The number of hydrogen-bond donors (Lipinski definition) is 0.